The van der Waals surface area contributed by atoms with E-state index in [1.54, 1.807) is 12.1 Å². The van der Waals surface area contributed by atoms with Gasteiger partial charge in [-0.25, -0.2) is 0 Å². The van der Waals surface area contributed by atoms with Crippen molar-refractivity contribution < 1.29 is 25.2 Å². The van der Waals surface area contributed by atoms with E-state index in [0.717, 1.165) is 24.2 Å². The normalized spacial score (nSPS) is 26.6. The molecule has 5 unspecified atom stereocenters. The van der Waals surface area contributed by atoms with Gasteiger partial charge in [-0.3, -0.25) is 0 Å². The van der Waals surface area contributed by atoms with E-state index in [-0.39, 0.29) is 0 Å². The summed E-state index contributed by atoms with van der Waals surface area (Å²) in [5.74, 6) is 0. The van der Waals surface area contributed by atoms with Gasteiger partial charge in [-0.1, -0.05) is 35.9 Å². The van der Waals surface area contributed by atoms with Gasteiger partial charge in [-0.15, -0.1) is 0 Å². The standard InChI is InChI=1S/C23H30ClNO5/c1-3-25(4-2)17-8-5-14(6-9-17)11-16-12-15(7-10-18(16)24)23-22(29)21(28)20(27)19(13-26)30-23/h5-10,12,19-23,26-29H,3-4,11,13H2,1-2H3. The van der Waals surface area contributed by atoms with Gasteiger partial charge in [-0.2, -0.15) is 0 Å². The number of nitrogens with zero attached hydrogens (tertiary/aromatic N) is 1. The molecule has 5 atom stereocenters. The van der Waals surface area contributed by atoms with Gasteiger partial charge in [0.25, 0.3) is 0 Å². The molecule has 6 nitrogen and oxygen atoms in total. The lowest BCUT2D eigenvalue weighted by Gasteiger charge is -2.40. The summed E-state index contributed by atoms with van der Waals surface area (Å²) in [4.78, 5) is 2.27. The zero-order valence-corrected chi connectivity index (χ0v) is 18.0. The molecule has 164 valence electrons. The molecule has 0 bridgehead atoms. The number of aliphatic hydroxyl groups excluding tert-OH is 4. The van der Waals surface area contributed by atoms with Crippen LogP contribution in [0, 0.1) is 0 Å². The van der Waals surface area contributed by atoms with Gasteiger partial charge >= 0.3 is 0 Å². The minimum atomic E-state index is -1.41. The van der Waals surface area contributed by atoms with Crippen LogP contribution < -0.4 is 4.90 Å². The molecule has 0 spiro atoms. The summed E-state index contributed by atoms with van der Waals surface area (Å²) in [7, 11) is 0. The van der Waals surface area contributed by atoms with E-state index in [4.69, 9.17) is 16.3 Å². The predicted molar refractivity (Wildman–Crippen MR) is 117 cm³/mol. The second kappa shape index (κ2) is 10.1. The smallest absolute Gasteiger partial charge is 0.113 e. The summed E-state index contributed by atoms with van der Waals surface area (Å²) in [5.41, 5.74) is 3.76. The Morgan fingerprint density at radius 1 is 0.933 bits per heavy atom. The average molecular weight is 436 g/mol. The summed E-state index contributed by atoms with van der Waals surface area (Å²) in [6.07, 6.45) is -5.32. The Morgan fingerprint density at radius 2 is 1.60 bits per heavy atom. The van der Waals surface area contributed by atoms with Crippen molar-refractivity contribution in [2.24, 2.45) is 0 Å². The molecule has 2 aromatic carbocycles. The van der Waals surface area contributed by atoms with Crippen LogP contribution in [0.1, 0.15) is 36.6 Å². The SMILES string of the molecule is CCN(CC)c1ccc(Cc2cc(C3OC(CO)C(O)C(O)C3O)ccc2Cl)cc1. The van der Waals surface area contributed by atoms with E-state index in [0.29, 0.717) is 17.0 Å². The molecule has 7 heteroatoms. The van der Waals surface area contributed by atoms with Crippen molar-refractivity contribution in [3.63, 3.8) is 0 Å². The second-order valence-electron chi connectivity index (χ2n) is 7.62. The molecule has 4 N–H and O–H groups in total. The molecule has 30 heavy (non-hydrogen) atoms. The minimum absolute atomic E-state index is 0.458. The lowest BCUT2D eigenvalue weighted by atomic mass is 9.90. The summed E-state index contributed by atoms with van der Waals surface area (Å²) >= 11 is 6.41. The number of anilines is 1. The highest BCUT2D eigenvalue weighted by Crippen LogP contribution is 2.34. The molecule has 0 radical (unpaired) electrons. The fraction of sp³-hybridized carbons (Fsp3) is 0.478. The lowest BCUT2D eigenvalue weighted by molar-refractivity contribution is -0.231. The van der Waals surface area contributed by atoms with Crippen LogP contribution in [0.15, 0.2) is 42.5 Å². The number of aliphatic hydroxyl groups is 4. The Kier molecular flexibility index (Phi) is 7.74. The van der Waals surface area contributed by atoms with Crippen LogP contribution in [0.4, 0.5) is 5.69 Å². The van der Waals surface area contributed by atoms with Gasteiger partial charge in [-0.05, 0) is 55.2 Å². The first-order valence-electron chi connectivity index (χ1n) is 10.3. The van der Waals surface area contributed by atoms with Crippen molar-refractivity contribution >= 4 is 17.3 Å². The third-order valence-corrected chi connectivity index (χ3v) is 6.12. The molecular formula is C23H30ClNO5. The fourth-order valence-electron chi connectivity index (χ4n) is 3.92. The van der Waals surface area contributed by atoms with Crippen LogP contribution >= 0.6 is 11.6 Å². The molecular weight excluding hydrogens is 406 g/mol. The van der Waals surface area contributed by atoms with Gasteiger partial charge in [0.05, 0.1) is 6.61 Å². The maximum Gasteiger partial charge on any atom is 0.113 e. The molecule has 1 aliphatic rings. The fourth-order valence-corrected chi connectivity index (χ4v) is 4.10. The van der Waals surface area contributed by atoms with E-state index in [1.807, 2.05) is 6.07 Å². The summed E-state index contributed by atoms with van der Waals surface area (Å²) < 4.78 is 5.67. The molecule has 2 aromatic rings. The highest BCUT2D eigenvalue weighted by Gasteiger charge is 2.44. The number of benzene rings is 2. The van der Waals surface area contributed by atoms with E-state index in [2.05, 4.69) is 43.0 Å². The molecule has 1 fully saturated rings. The molecule has 3 rings (SSSR count). The van der Waals surface area contributed by atoms with Crippen LogP contribution in [0.25, 0.3) is 0 Å². The van der Waals surface area contributed by atoms with E-state index in [1.165, 1.54) is 5.69 Å². The lowest BCUT2D eigenvalue weighted by Crippen LogP contribution is -2.55. The molecule has 1 saturated heterocycles. The maximum atomic E-state index is 10.4. The third-order valence-electron chi connectivity index (χ3n) is 5.75. The molecule has 0 aromatic heterocycles. The van der Waals surface area contributed by atoms with Crippen LogP contribution in [0.3, 0.4) is 0 Å². The van der Waals surface area contributed by atoms with Gasteiger partial charge in [0.1, 0.15) is 30.5 Å². The Labute approximate surface area is 182 Å². The average Bonchev–Trinajstić information content (AvgIpc) is 2.76. The largest absolute Gasteiger partial charge is 0.394 e. The van der Waals surface area contributed by atoms with Crippen molar-refractivity contribution in [2.45, 2.75) is 50.8 Å². The highest BCUT2D eigenvalue weighted by molar-refractivity contribution is 6.31. The number of halogens is 1. The van der Waals surface area contributed by atoms with Crippen molar-refractivity contribution in [3.05, 3.63) is 64.2 Å². The summed E-state index contributed by atoms with van der Waals surface area (Å²) in [5, 5.41) is 40.5. The summed E-state index contributed by atoms with van der Waals surface area (Å²) in [6, 6.07) is 13.6. The van der Waals surface area contributed by atoms with E-state index in [9.17, 15) is 20.4 Å². The van der Waals surface area contributed by atoms with Crippen molar-refractivity contribution in [1.29, 1.82) is 0 Å². The van der Waals surface area contributed by atoms with Gasteiger partial charge in [0.15, 0.2) is 0 Å². The van der Waals surface area contributed by atoms with Gasteiger partial charge in [0, 0.05) is 23.8 Å². The van der Waals surface area contributed by atoms with Crippen molar-refractivity contribution in [3.8, 4) is 0 Å². The van der Waals surface area contributed by atoms with Crippen molar-refractivity contribution in [2.75, 3.05) is 24.6 Å². The molecule has 0 saturated carbocycles. The van der Waals surface area contributed by atoms with Gasteiger partial charge in [0.2, 0.25) is 0 Å². The van der Waals surface area contributed by atoms with Crippen molar-refractivity contribution in [1.82, 2.24) is 0 Å². The quantitative estimate of drug-likeness (QED) is 0.533. The Hall–Kier alpha value is -1.67. The van der Waals surface area contributed by atoms with E-state index < -0.39 is 37.1 Å². The maximum absolute atomic E-state index is 10.4. The van der Waals surface area contributed by atoms with Crippen LogP contribution in [0.2, 0.25) is 5.02 Å². The first-order valence-corrected chi connectivity index (χ1v) is 10.7. The topological polar surface area (TPSA) is 93.4 Å². The molecule has 1 aliphatic heterocycles. The van der Waals surface area contributed by atoms with Crippen LogP contribution in [-0.4, -0.2) is 64.5 Å². The zero-order valence-electron chi connectivity index (χ0n) is 17.3. The monoisotopic (exact) mass is 435 g/mol. The Bertz CT molecular complexity index is 825. The van der Waals surface area contributed by atoms with Crippen LogP contribution in [-0.2, 0) is 11.2 Å². The number of ether oxygens (including phenoxy) is 1. The number of hydrogen-bond donors (Lipinski definition) is 4. The number of rotatable bonds is 7. The highest BCUT2D eigenvalue weighted by atomic mass is 35.5. The third kappa shape index (κ3) is 4.80. The molecule has 0 aliphatic carbocycles. The van der Waals surface area contributed by atoms with Crippen LogP contribution in [0.5, 0.6) is 0 Å². The first kappa shape index (κ1) is 23.0. The molecule has 1 heterocycles. The Morgan fingerprint density at radius 3 is 2.20 bits per heavy atom. The van der Waals surface area contributed by atoms with E-state index >= 15 is 0 Å². The minimum Gasteiger partial charge on any atom is -0.394 e. The Balaban J connectivity index is 1.82. The second-order valence-corrected chi connectivity index (χ2v) is 8.02. The first-order chi connectivity index (χ1) is 14.4. The summed E-state index contributed by atoms with van der Waals surface area (Å²) in [6.45, 7) is 5.69. The predicted octanol–water partition coefficient (Wildman–Crippen LogP) is 2.29. The molecule has 0 amide bonds. The number of hydrogen-bond acceptors (Lipinski definition) is 6. The van der Waals surface area contributed by atoms with Gasteiger partial charge < -0.3 is 30.1 Å². The zero-order chi connectivity index (χ0) is 21.8.